The molecule has 7 nitrogen and oxygen atoms in total. The number of aromatic nitrogens is 2. The third kappa shape index (κ3) is 4.96. The van der Waals surface area contributed by atoms with Crippen LogP contribution in [-0.2, 0) is 17.7 Å². The van der Waals surface area contributed by atoms with Crippen LogP contribution in [0, 0.1) is 0 Å². The van der Waals surface area contributed by atoms with Crippen molar-refractivity contribution in [1.82, 2.24) is 25.7 Å². The molecule has 0 fully saturated rings. The number of halogens is 1. The maximum absolute atomic E-state index is 12.1. The fraction of sp³-hybridized carbons (Fsp3) is 0.692. The molecule has 1 aliphatic heterocycles. The highest BCUT2D eigenvalue weighted by molar-refractivity contribution is 5.94. The number of carbonyl (C=O) groups is 1. The van der Waals surface area contributed by atoms with E-state index < -0.39 is 0 Å². The van der Waals surface area contributed by atoms with Gasteiger partial charge < -0.3 is 20.3 Å². The molecule has 8 heteroatoms. The fourth-order valence-corrected chi connectivity index (χ4v) is 2.22. The Morgan fingerprint density at radius 2 is 2.29 bits per heavy atom. The van der Waals surface area contributed by atoms with E-state index in [2.05, 4.69) is 25.7 Å². The summed E-state index contributed by atoms with van der Waals surface area (Å²) in [6.07, 6.45) is 0.898. The lowest BCUT2D eigenvalue weighted by atomic mass is 10.1. The lowest BCUT2D eigenvalue weighted by Crippen LogP contribution is -2.35. The molecule has 0 unspecified atom stereocenters. The topological polar surface area (TPSA) is 82.3 Å². The molecule has 0 radical (unpaired) electrons. The summed E-state index contributed by atoms with van der Waals surface area (Å²) in [4.78, 5) is 14.2. The Balaban J connectivity index is 0.00000220. The average Bonchev–Trinajstić information content (AvgIpc) is 2.89. The third-order valence-electron chi connectivity index (χ3n) is 3.48. The number of hydrogen-bond acceptors (Lipinski definition) is 5. The zero-order chi connectivity index (χ0) is 14.4. The summed E-state index contributed by atoms with van der Waals surface area (Å²) in [5, 5.41) is 13.3. The number of carbonyl (C=O) groups excluding carboxylic acids is 1. The summed E-state index contributed by atoms with van der Waals surface area (Å²) in [5.74, 6) is -0.105. The number of hydrogen-bond donors (Lipinski definition) is 3. The second kappa shape index (κ2) is 8.99. The van der Waals surface area contributed by atoms with Crippen LogP contribution in [0.15, 0.2) is 0 Å². The lowest BCUT2D eigenvalue weighted by molar-refractivity contribution is 0.0941. The highest BCUT2D eigenvalue weighted by Crippen LogP contribution is 2.14. The van der Waals surface area contributed by atoms with E-state index in [9.17, 15) is 4.79 Å². The minimum Gasteiger partial charge on any atom is -0.383 e. The summed E-state index contributed by atoms with van der Waals surface area (Å²) >= 11 is 0. The number of ether oxygens (including phenoxy) is 1. The van der Waals surface area contributed by atoms with Crippen molar-refractivity contribution in [1.29, 1.82) is 0 Å². The molecule has 0 spiro atoms. The maximum Gasteiger partial charge on any atom is 0.272 e. The number of nitrogens with zero attached hydrogens (tertiary/aromatic N) is 2. The minimum absolute atomic E-state index is 0. The predicted molar refractivity (Wildman–Crippen MR) is 83.0 cm³/mol. The number of rotatable bonds is 7. The Hall–Kier alpha value is -1.15. The van der Waals surface area contributed by atoms with Crippen LogP contribution in [-0.4, -0.2) is 67.9 Å². The number of H-pyrrole nitrogens is 1. The predicted octanol–water partition coefficient (Wildman–Crippen LogP) is -0.215. The van der Waals surface area contributed by atoms with E-state index in [0.717, 1.165) is 37.3 Å². The monoisotopic (exact) mass is 317 g/mol. The van der Waals surface area contributed by atoms with Gasteiger partial charge in [0, 0.05) is 57.5 Å². The van der Waals surface area contributed by atoms with Gasteiger partial charge in [-0.3, -0.25) is 9.89 Å². The number of likely N-dealkylation sites (N-methyl/N-ethyl adjacent to an activating group) is 1. The Labute approximate surface area is 131 Å². The van der Waals surface area contributed by atoms with E-state index in [0.29, 0.717) is 25.4 Å². The summed E-state index contributed by atoms with van der Waals surface area (Å²) in [7, 11) is 3.69. The fourth-order valence-electron chi connectivity index (χ4n) is 2.22. The average molecular weight is 318 g/mol. The Bertz CT molecular complexity index is 452. The normalized spacial score (nSPS) is 13.7. The zero-order valence-corrected chi connectivity index (χ0v) is 13.4. The van der Waals surface area contributed by atoms with Crippen LogP contribution in [0.25, 0.3) is 0 Å². The molecule has 2 rings (SSSR count). The van der Waals surface area contributed by atoms with Gasteiger partial charge in [0.05, 0.1) is 6.61 Å². The van der Waals surface area contributed by atoms with Crippen LogP contribution < -0.4 is 10.6 Å². The number of nitrogens with one attached hydrogen (secondary N) is 3. The molecule has 21 heavy (non-hydrogen) atoms. The van der Waals surface area contributed by atoms with E-state index in [4.69, 9.17) is 4.74 Å². The standard InChI is InChI=1S/C13H23N5O2.ClH/c1-18(7-8-20-2)6-5-15-13(19)12-10-9-14-4-3-11(10)16-17-12;/h14H,3-9H2,1-2H3,(H,15,19)(H,16,17);1H. The van der Waals surface area contributed by atoms with Crippen molar-refractivity contribution < 1.29 is 9.53 Å². The highest BCUT2D eigenvalue weighted by atomic mass is 35.5. The first-order valence-electron chi connectivity index (χ1n) is 6.95. The second-order valence-electron chi connectivity index (χ2n) is 5.01. The Morgan fingerprint density at radius 1 is 1.48 bits per heavy atom. The number of methoxy groups -OCH3 is 1. The van der Waals surface area contributed by atoms with Gasteiger partial charge in [-0.25, -0.2) is 0 Å². The molecule has 0 aliphatic carbocycles. The van der Waals surface area contributed by atoms with Crippen LogP contribution in [0.5, 0.6) is 0 Å². The molecule has 1 aromatic rings. The van der Waals surface area contributed by atoms with Crippen molar-refractivity contribution in [3.8, 4) is 0 Å². The molecule has 2 heterocycles. The number of amides is 1. The van der Waals surface area contributed by atoms with Gasteiger partial charge in [-0.05, 0) is 7.05 Å². The van der Waals surface area contributed by atoms with Crippen molar-refractivity contribution >= 4 is 18.3 Å². The van der Waals surface area contributed by atoms with E-state index >= 15 is 0 Å². The van der Waals surface area contributed by atoms with Gasteiger partial charge in [0.2, 0.25) is 0 Å². The van der Waals surface area contributed by atoms with E-state index in [1.54, 1.807) is 7.11 Å². The molecule has 120 valence electrons. The van der Waals surface area contributed by atoms with Crippen molar-refractivity contribution in [3.63, 3.8) is 0 Å². The van der Waals surface area contributed by atoms with Crippen LogP contribution in [0.3, 0.4) is 0 Å². The highest BCUT2D eigenvalue weighted by Gasteiger charge is 2.21. The molecule has 1 amide bonds. The maximum atomic E-state index is 12.1. The molecule has 1 aromatic heterocycles. The molecule has 0 aromatic carbocycles. The van der Waals surface area contributed by atoms with Gasteiger partial charge in [0.15, 0.2) is 5.69 Å². The summed E-state index contributed by atoms with van der Waals surface area (Å²) < 4.78 is 5.01. The second-order valence-corrected chi connectivity index (χ2v) is 5.01. The van der Waals surface area contributed by atoms with Crippen molar-refractivity contribution in [2.24, 2.45) is 0 Å². The van der Waals surface area contributed by atoms with Crippen LogP contribution in [0.1, 0.15) is 21.7 Å². The third-order valence-corrected chi connectivity index (χ3v) is 3.48. The first-order chi connectivity index (χ1) is 9.72. The van der Waals surface area contributed by atoms with Gasteiger partial charge in [0.25, 0.3) is 5.91 Å². The minimum atomic E-state index is -0.105. The van der Waals surface area contributed by atoms with E-state index in [1.165, 1.54) is 0 Å². The molecule has 0 bridgehead atoms. The smallest absolute Gasteiger partial charge is 0.272 e. The SMILES string of the molecule is COCCN(C)CCNC(=O)c1n[nH]c2c1CNCC2.Cl. The molecule has 1 aliphatic rings. The molecule has 0 saturated carbocycles. The van der Waals surface area contributed by atoms with E-state index in [-0.39, 0.29) is 18.3 Å². The first kappa shape index (κ1) is 17.9. The zero-order valence-electron chi connectivity index (χ0n) is 12.6. The van der Waals surface area contributed by atoms with Crippen LogP contribution in [0.4, 0.5) is 0 Å². The van der Waals surface area contributed by atoms with Crippen molar-refractivity contribution in [2.45, 2.75) is 13.0 Å². The van der Waals surface area contributed by atoms with Gasteiger partial charge in [-0.2, -0.15) is 5.10 Å². The van der Waals surface area contributed by atoms with Crippen molar-refractivity contribution in [3.05, 3.63) is 17.0 Å². The largest absolute Gasteiger partial charge is 0.383 e. The molecular formula is C13H24ClN5O2. The van der Waals surface area contributed by atoms with Gasteiger partial charge >= 0.3 is 0 Å². The summed E-state index contributed by atoms with van der Waals surface area (Å²) in [5.41, 5.74) is 2.60. The molecule has 3 N–H and O–H groups in total. The Morgan fingerprint density at radius 3 is 3.05 bits per heavy atom. The van der Waals surface area contributed by atoms with Gasteiger partial charge in [-0.1, -0.05) is 0 Å². The Kier molecular flexibility index (Phi) is 7.66. The van der Waals surface area contributed by atoms with Gasteiger partial charge in [-0.15, -0.1) is 12.4 Å². The van der Waals surface area contributed by atoms with Crippen LogP contribution >= 0.6 is 12.4 Å². The van der Waals surface area contributed by atoms with Crippen LogP contribution in [0.2, 0.25) is 0 Å². The lowest BCUT2D eigenvalue weighted by Gasteiger charge is -2.16. The summed E-state index contributed by atoms with van der Waals surface area (Å²) in [6, 6.07) is 0. The molecular weight excluding hydrogens is 294 g/mol. The quantitative estimate of drug-likeness (QED) is 0.648. The molecule has 0 atom stereocenters. The van der Waals surface area contributed by atoms with E-state index in [1.807, 2.05) is 7.05 Å². The number of fused-ring (bicyclic) bond motifs is 1. The van der Waals surface area contributed by atoms with Gasteiger partial charge in [0.1, 0.15) is 0 Å². The summed E-state index contributed by atoms with van der Waals surface area (Å²) in [6.45, 7) is 4.59. The number of aromatic amines is 1. The molecule has 0 saturated heterocycles. The first-order valence-corrected chi connectivity index (χ1v) is 6.95. The van der Waals surface area contributed by atoms with Crippen molar-refractivity contribution in [2.75, 3.05) is 46.9 Å².